The van der Waals surface area contributed by atoms with Crippen LogP contribution in [0.5, 0.6) is 0 Å². The van der Waals surface area contributed by atoms with E-state index in [9.17, 15) is 19.1 Å². The highest BCUT2D eigenvalue weighted by Crippen LogP contribution is 2.19. The first-order valence-corrected chi connectivity index (χ1v) is 5.33. The fourth-order valence-corrected chi connectivity index (χ4v) is 1.39. The number of amides is 1. The minimum Gasteiger partial charge on any atom is -0.467 e. The number of aliphatic hydroxyl groups is 1. The van der Waals surface area contributed by atoms with Gasteiger partial charge in [-0.15, -0.1) is 0 Å². The van der Waals surface area contributed by atoms with Gasteiger partial charge < -0.3 is 15.2 Å². The Morgan fingerprint density at radius 1 is 1.56 bits per heavy atom. The van der Waals surface area contributed by atoms with E-state index in [1.807, 2.05) is 0 Å². The maximum Gasteiger partial charge on any atom is 0.336 e. The lowest BCUT2D eigenvalue weighted by Gasteiger charge is -2.10. The highest BCUT2D eigenvalue weighted by Gasteiger charge is 2.18. The number of ether oxygens (including phenoxy) is 1. The first-order chi connectivity index (χ1) is 8.47. The molecule has 0 spiro atoms. The molecule has 0 aromatic heterocycles. The molecule has 0 aliphatic rings. The zero-order valence-electron chi connectivity index (χ0n) is 9.44. The molecule has 0 aliphatic heterocycles. The van der Waals surface area contributed by atoms with Crippen molar-refractivity contribution in [1.29, 1.82) is 0 Å². The zero-order valence-corrected chi connectivity index (χ0v) is 10.2. The molecule has 1 rings (SSSR count). The van der Waals surface area contributed by atoms with E-state index in [-0.39, 0.29) is 17.1 Å². The van der Waals surface area contributed by atoms with Crippen molar-refractivity contribution in [2.75, 3.05) is 13.7 Å². The Bertz CT molecular complexity index is 466. The second kappa shape index (κ2) is 6.32. The molecule has 5 nitrogen and oxygen atoms in total. The van der Waals surface area contributed by atoms with Crippen LogP contribution in [-0.2, 0) is 9.53 Å². The van der Waals surface area contributed by atoms with E-state index in [1.165, 1.54) is 12.1 Å². The molecular formula is C11H11ClFNO4. The van der Waals surface area contributed by atoms with Gasteiger partial charge in [-0.05, 0) is 12.1 Å². The molecule has 0 bridgehead atoms. The van der Waals surface area contributed by atoms with Gasteiger partial charge in [0.05, 0.1) is 24.2 Å². The van der Waals surface area contributed by atoms with Crippen molar-refractivity contribution in [2.45, 2.75) is 6.10 Å². The molecule has 2 N–H and O–H groups in total. The Morgan fingerprint density at radius 3 is 2.83 bits per heavy atom. The van der Waals surface area contributed by atoms with Crippen LogP contribution >= 0.6 is 11.6 Å². The molecule has 0 saturated carbocycles. The maximum absolute atomic E-state index is 13.1. The Morgan fingerprint density at radius 2 is 2.22 bits per heavy atom. The van der Waals surface area contributed by atoms with E-state index in [2.05, 4.69) is 10.1 Å². The van der Waals surface area contributed by atoms with Gasteiger partial charge in [-0.1, -0.05) is 17.7 Å². The van der Waals surface area contributed by atoms with Crippen molar-refractivity contribution in [3.63, 3.8) is 0 Å². The maximum atomic E-state index is 13.1. The molecule has 0 saturated heterocycles. The second-order valence-corrected chi connectivity index (χ2v) is 3.73. The Labute approximate surface area is 108 Å². The Hall–Kier alpha value is -1.66. The lowest BCUT2D eigenvalue weighted by atomic mass is 10.2. The van der Waals surface area contributed by atoms with Crippen LogP contribution in [0.4, 0.5) is 4.39 Å². The van der Waals surface area contributed by atoms with E-state index in [1.54, 1.807) is 0 Å². The van der Waals surface area contributed by atoms with Crippen LogP contribution in [0.3, 0.4) is 0 Å². The van der Waals surface area contributed by atoms with Gasteiger partial charge in [0.2, 0.25) is 0 Å². The summed E-state index contributed by atoms with van der Waals surface area (Å²) in [7, 11) is 1.11. The third kappa shape index (κ3) is 3.41. The van der Waals surface area contributed by atoms with E-state index in [4.69, 9.17) is 11.6 Å². The van der Waals surface area contributed by atoms with Gasteiger partial charge in [0, 0.05) is 0 Å². The summed E-state index contributed by atoms with van der Waals surface area (Å²) in [6.45, 7) is -0.349. The molecule has 18 heavy (non-hydrogen) atoms. The van der Waals surface area contributed by atoms with Crippen LogP contribution in [0.1, 0.15) is 10.4 Å². The second-order valence-electron chi connectivity index (χ2n) is 3.35. The van der Waals surface area contributed by atoms with Crippen LogP contribution in [0, 0.1) is 5.82 Å². The number of hydrogen-bond acceptors (Lipinski definition) is 4. The minimum absolute atomic E-state index is 0.0752. The number of rotatable bonds is 4. The van der Waals surface area contributed by atoms with Crippen molar-refractivity contribution >= 4 is 23.5 Å². The summed E-state index contributed by atoms with van der Waals surface area (Å²) in [4.78, 5) is 22.5. The molecule has 0 aliphatic carbocycles. The summed E-state index contributed by atoms with van der Waals surface area (Å²) in [5.74, 6) is -2.29. The van der Waals surface area contributed by atoms with E-state index in [0.717, 1.165) is 13.2 Å². The van der Waals surface area contributed by atoms with Gasteiger partial charge >= 0.3 is 5.97 Å². The summed E-state index contributed by atoms with van der Waals surface area (Å²) in [5.41, 5.74) is -0.0752. The molecule has 1 atom stereocenters. The number of carbonyl (C=O) groups excluding carboxylic acids is 2. The Balaban J connectivity index is 2.66. The first-order valence-electron chi connectivity index (χ1n) is 4.95. The molecule has 98 valence electrons. The molecule has 0 radical (unpaired) electrons. The number of aliphatic hydroxyl groups excluding tert-OH is 1. The number of halogens is 2. The van der Waals surface area contributed by atoms with Gasteiger partial charge in [0.1, 0.15) is 5.82 Å². The van der Waals surface area contributed by atoms with Crippen LogP contribution < -0.4 is 5.32 Å². The highest BCUT2D eigenvalue weighted by atomic mass is 35.5. The lowest BCUT2D eigenvalue weighted by Crippen LogP contribution is -2.37. The molecule has 0 heterocycles. The number of carbonyl (C=O) groups is 2. The van der Waals surface area contributed by atoms with Crippen molar-refractivity contribution in [3.05, 3.63) is 34.6 Å². The summed E-state index contributed by atoms with van der Waals surface area (Å²) < 4.78 is 17.4. The predicted octanol–water partition coefficient (Wildman–Crippen LogP) is 0.743. The fraction of sp³-hybridized carbons (Fsp3) is 0.273. The van der Waals surface area contributed by atoms with Gasteiger partial charge in [0.25, 0.3) is 5.91 Å². The SMILES string of the molecule is COC(=O)C(O)CNC(=O)c1cccc(F)c1Cl. The first kappa shape index (κ1) is 14.4. The topological polar surface area (TPSA) is 75.6 Å². The van der Waals surface area contributed by atoms with Crippen LogP contribution in [0.25, 0.3) is 0 Å². The minimum atomic E-state index is -1.48. The molecule has 1 aromatic carbocycles. The van der Waals surface area contributed by atoms with Gasteiger partial charge in [-0.2, -0.15) is 0 Å². The van der Waals surface area contributed by atoms with Crippen molar-refractivity contribution in [3.8, 4) is 0 Å². The highest BCUT2D eigenvalue weighted by molar-refractivity contribution is 6.34. The van der Waals surface area contributed by atoms with Crippen molar-refractivity contribution in [2.24, 2.45) is 0 Å². The smallest absolute Gasteiger partial charge is 0.336 e. The summed E-state index contributed by atoms with van der Waals surface area (Å²) >= 11 is 5.60. The number of hydrogen-bond donors (Lipinski definition) is 2. The normalized spacial score (nSPS) is 11.8. The van der Waals surface area contributed by atoms with Gasteiger partial charge in [0.15, 0.2) is 6.10 Å². The fourth-order valence-electron chi connectivity index (χ4n) is 1.18. The quantitative estimate of drug-likeness (QED) is 0.795. The van der Waals surface area contributed by atoms with Crippen molar-refractivity contribution in [1.82, 2.24) is 5.32 Å². The zero-order chi connectivity index (χ0) is 13.7. The number of benzene rings is 1. The largest absolute Gasteiger partial charge is 0.467 e. The van der Waals surface area contributed by atoms with Gasteiger partial charge in [-0.3, -0.25) is 4.79 Å². The van der Waals surface area contributed by atoms with E-state index in [0.29, 0.717) is 0 Å². The standard InChI is InChI=1S/C11H11ClFNO4/c1-18-11(17)8(15)5-14-10(16)6-3-2-4-7(13)9(6)12/h2-4,8,15H,5H2,1H3,(H,14,16). The van der Waals surface area contributed by atoms with Gasteiger partial charge in [-0.25, -0.2) is 9.18 Å². The van der Waals surface area contributed by atoms with E-state index >= 15 is 0 Å². The molecular weight excluding hydrogens is 265 g/mol. The number of nitrogens with one attached hydrogen (secondary N) is 1. The summed E-state index contributed by atoms with van der Waals surface area (Å²) in [5, 5.41) is 11.2. The predicted molar refractivity (Wildman–Crippen MR) is 61.8 cm³/mol. The molecule has 1 unspecified atom stereocenters. The molecule has 1 aromatic rings. The summed E-state index contributed by atoms with van der Waals surface area (Å²) in [6, 6.07) is 3.76. The monoisotopic (exact) mass is 275 g/mol. The number of esters is 1. The lowest BCUT2D eigenvalue weighted by molar-refractivity contribution is -0.149. The average Bonchev–Trinajstić information content (AvgIpc) is 2.37. The van der Waals surface area contributed by atoms with Crippen LogP contribution in [-0.4, -0.2) is 36.7 Å². The third-order valence-electron chi connectivity index (χ3n) is 2.13. The summed E-state index contributed by atoms with van der Waals surface area (Å²) in [6.07, 6.45) is -1.48. The average molecular weight is 276 g/mol. The molecule has 1 amide bonds. The van der Waals surface area contributed by atoms with Crippen LogP contribution in [0.15, 0.2) is 18.2 Å². The third-order valence-corrected chi connectivity index (χ3v) is 2.51. The van der Waals surface area contributed by atoms with Crippen LogP contribution in [0.2, 0.25) is 5.02 Å². The molecule has 7 heteroatoms. The Kier molecular flexibility index (Phi) is 5.06. The molecule has 0 fully saturated rings. The number of methoxy groups -OCH3 is 1. The van der Waals surface area contributed by atoms with Crippen molar-refractivity contribution < 1.29 is 23.8 Å². The van der Waals surface area contributed by atoms with E-state index < -0.39 is 23.8 Å².